The first kappa shape index (κ1) is 24.7. The zero-order chi connectivity index (χ0) is 20.7. The van der Waals surface area contributed by atoms with E-state index in [2.05, 4.69) is 43.3 Å². The standard InChI is InChI=1S/C23H34N4O2.HI/c1-5-24-22(25-14-18-12-9-13-28-20(18)23(2,3)4)26-15-19-16-29-21(27-19)17-10-7-6-8-11-17;/h6-8,10-11,16,18,20H,5,9,12-15H2,1-4H3,(H2,24,25,26);1H. The number of hydrogen-bond donors (Lipinski definition) is 2. The maximum atomic E-state index is 6.10. The first-order chi connectivity index (χ1) is 14.0. The molecule has 2 atom stereocenters. The van der Waals surface area contributed by atoms with E-state index >= 15 is 0 Å². The first-order valence-electron chi connectivity index (χ1n) is 10.6. The quantitative estimate of drug-likeness (QED) is 0.320. The van der Waals surface area contributed by atoms with Gasteiger partial charge in [-0.2, -0.15) is 0 Å². The second-order valence-electron chi connectivity index (χ2n) is 8.65. The molecule has 30 heavy (non-hydrogen) atoms. The fourth-order valence-corrected chi connectivity index (χ4v) is 3.83. The van der Waals surface area contributed by atoms with Crippen LogP contribution < -0.4 is 10.6 Å². The molecule has 2 heterocycles. The molecule has 1 aromatic carbocycles. The minimum Gasteiger partial charge on any atom is -0.444 e. The number of aliphatic imine (C=N–C) groups is 1. The van der Waals surface area contributed by atoms with Crippen molar-refractivity contribution < 1.29 is 9.15 Å². The molecule has 1 aliphatic heterocycles. The van der Waals surface area contributed by atoms with E-state index in [4.69, 9.17) is 14.1 Å². The number of halogens is 1. The topological polar surface area (TPSA) is 71.7 Å². The molecule has 2 aromatic rings. The molecule has 1 aromatic heterocycles. The molecule has 0 aliphatic carbocycles. The molecular formula is C23H35IN4O2. The molecule has 1 aliphatic rings. The van der Waals surface area contributed by atoms with Gasteiger partial charge in [-0.25, -0.2) is 9.98 Å². The smallest absolute Gasteiger partial charge is 0.226 e. The molecule has 1 saturated heterocycles. The summed E-state index contributed by atoms with van der Waals surface area (Å²) in [5.41, 5.74) is 1.92. The molecule has 166 valence electrons. The van der Waals surface area contributed by atoms with E-state index in [-0.39, 0.29) is 35.5 Å². The summed E-state index contributed by atoms with van der Waals surface area (Å²) >= 11 is 0. The lowest BCUT2D eigenvalue weighted by atomic mass is 9.78. The predicted octanol–water partition coefficient (Wildman–Crippen LogP) is 4.86. The number of guanidine groups is 1. The van der Waals surface area contributed by atoms with Crippen molar-refractivity contribution >= 4 is 29.9 Å². The third-order valence-corrected chi connectivity index (χ3v) is 5.15. The Morgan fingerprint density at radius 1 is 1.20 bits per heavy atom. The van der Waals surface area contributed by atoms with E-state index in [0.717, 1.165) is 43.3 Å². The molecule has 0 bridgehead atoms. The summed E-state index contributed by atoms with van der Waals surface area (Å²) < 4.78 is 11.7. The summed E-state index contributed by atoms with van der Waals surface area (Å²) in [6.45, 7) is 11.8. The van der Waals surface area contributed by atoms with Crippen LogP contribution in [-0.4, -0.2) is 36.7 Å². The fourth-order valence-electron chi connectivity index (χ4n) is 3.83. The van der Waals surface area contributed by atoms with Crippen LogP contribution in [0.1, 0.15) is 46.2 Å². The molecule has 7 heteroatoms. The van der Waals surface area contributed by atoms with Gasteiger partial charge in [-0.3, -0.25) is 0 Å². The minimum atomic E-state index is 0. The number of oxazole rings is 1. The highest BCUT2D eigenvalue weighted by Crippen LogP contribution is 2.33. The molecular weight excluding hydrogens is 491 g/mol. The highest BCUT2D eigenvalue weighted by molar-refractivity contribution is 14.0. The Morgan fingerprint density at radius 3 is 2.67 bits per heavy atom. The monoisotopic (exact) mass is 526 g/mol. The Bertz CT molecular complexity index is 786. The number of aromatic nitrogens is 1. The van der Waals surface area contributed by atoms with Crippen molar-refractivity contribution in [1.29, 1.82) is 0 Å². The Morgan fingerprint density at radius 2 is 1.97 bits per heavy atom. The lowest BCUT2D eigenvalue weighted by Crippen LogP contribution is -2.47. The van der Waals surface area contributed by atoms with Crippen LogP contribution in [0.15, 0.2) is 46.0 Å². The van der Waals surface area contributed by atoms with Crippen molar-refractivity contribution in [3.63, 3.8) is 0 Å². The molecule has 0 saturated carbocycles. The fraction of sp³-hybridized carbons (Fsp3) is 0.565. The average molecular weight is 526 g/mol. The highest BCUT2D eigenvalue weighted by atomic mass is 127. The zero-order valence-corrected chi connectivity index (χ0v) is 20.8. The SMILES string of the molecule is CCNC(=NCc1coc(-c2ccccc2)n1)NCC1CCCOC1C(C)(C)C.I. The first-order valence-corrected chi connectivity index (χ1v) is 10.6. The Labute approximate surface area is 197 Å². The van der Waals surface area contributed by atoms with Gasteiger partial charge in [0.05, 0.1) is 12.6 Å². The van der Waals surface area contributed by atoms with Crippen LogP contribution in [0.5, 0.6) is 0 Å². The number of nitrogens with one attached hydrogen (secondary N) is 2. The van der Waals surface area contributed by atoms with Gasteiger partial charge in [0, 0.05) is 31.2 Å². The Kier molecular flexibility index (Phi) is 9.61. The highest BCUT2D eigenvalue weighted by Gasteiger charge is 2.35. The van der Waals surface area contributed by atoms with E-state index in [1.807, 2.05) is 30.3 Å². The summed E-state index contributed by atoms with van der Waals surface area (Å²) in [6.07, 6.45) is 4.24. The van der Waals surface area contributed by atoms with Crippen molar-refractivity contribution in [2.24, 2.45) is 16.3 Å². The molecule has 1 fully saturated rings. The third kappa shape index (κ3) is 6.97. The van der Waals surface area contributed by atoms with Gasteiger partial charge in [0.25, 0.3) is 0 Å². The molecule has 0 radical (unpaired) electrons. The van der Waals surface area contributed by atoms with Crippen LogP contribution in [0.3, 0.4) is 0 Å². The van der Waals surface area contributed by atoms with Crippen LogP contribution in [0, 0.1) is 11.3 Å². The normalized spacial score (nSPS) is 19.8. The summed E-state index contributed by atoms with van der Waals surface area (Å²) in [7, 11) is 0. The summed E-state index contributed by atoms with van der Waals surface area (Å²) in [5.74, 6) is 1.90. The molecule has 6 nitrogen and oxygen atoms in total. The number of ether oxygens (including phenoxy) is 1. The number of rotatable bonds is 6. The van der Waals surface area contributed by atoms with Gasteiger partial charge in [0.2, 0.25) is 5.89 Å². The van der Waals surface area contributed by atoms with E-state index in [1.54, 1.807) is 6.26 Å². The van der Waals surface area contributed by atoms with Crippen molar-refractivity contribution in [3.05, 3.63) is 42.3 Å². The molecule has 0 spiro atoms. The predicted molar refractivity (Wildman–Crippen MR) is 132 cm³/mol. The number of benzene rings is 1. The summed E-state index contributed by atoms with van der Waals surface area (Å²) in [6, 6.07) is 9.91. The van der Waals surface area contributed by atoms with Gasteiger partial charge in [0.15, 0.2) is 5.96 Å². The van der Waals surface area contributed by atoms with Gasteiger partial charge < -0.3 is 19.8 Å². The average Bonchev–Trinajstić information content (AvgIpc) is 3.19. The van der Waals surface area contributed by atoms with Crippen molar-refractivity contribution in [1.82, 2.24) is 15.6 Å². The van der Waals surface area contributed by atoms with Crippen LogP contribution in [0.4, 0.5) is 0 Å². The van der Waals surface area contributed by atoms with Gasteiger partial charge >= 0.3 is 0 Å². The van der Waals surface area contributed by atoms with Gasteiger partial charge in [-0.15, -0.1) is 24.0 Å². The van der Waals surface area contributed by atoms with Crippen molar-refractivity contribution in [2.75, 3.05) is 19.7 Å². The van der Waals surface area contributed by atoms with Crippen molar-refractivity contribution in [2.45, 2.75) is 53.2 Å². The van der Waals surface area contributed by atoms with Crippen LogP contribution >= 0.6 is 24.0 Å². The third-order valence-electron chi connectivity index (χ3n) is 5.15. The van der Waals surface area contributed by atoms with Gasteiger partial charge in [-0.1, -0.05) is 39.0 Å². The lowest BCUT2D eigenvalue weighted by Gasteiger charge is -2.40. The zero-order valence-electron chi connectivity index (χ0n) is 18.5. The summed E-state index contributed by atoms with van der Waals surface area (Å²) in [5, 5.41) is 6.83. The van der Waals surface area contributed by atoms with E-state index in [9.17, 15) is 0 Å². The van der Waals surface area contributed by atoms with E-state index in [0.29, 0.717) is 18.4 Å². The number of hydrogen-bond acceptors (Lipinski definition) is 4. The van der Waals surface area contributed by atoms with Gasteiger partial charge in [0.1, 0.15) is 12.0 Å². The molecule has 3 rings (SSSR count). The van der Waals surface area contributed by atoms with Gasteiger partial charge in [-0.05, 0) is 37.3 Å². The second-order valence-corrected chi connectivity index (χ2v) is 8.65. The maximum Gasteiger partial charge on any atom is 0.226 e. The van der Waals surface area contributed by atoms with Crippen LogP contribution in [-0.2, 0) is 11.3 Å². The minimum absolute atomic E-state index is 0. The van der Waals surface area contributed by atoms with E-state index in [1.165, 1.54) is 6.42 Å². The summed E-state index contributed by atoms with van der Waals surface area (Å²) in [4.78, 5) is 9.25. The Hall–Kier alpha value is -1.61. The lowest BCUT2D eigenvalue weighted by molar-refractivity contribution is -0.0835. The maximum absolute atomic E-state index is 6.10. The van der Waals surface area contributed by atoms with Crippen LogP contribution in [0.2, 0.25) is 0 Å². The molecule has 2 unspecified atom stereocenters. The number of nitrogens with zero attached hydrogens (tertiary/aromatic N) is 2. The Balaban J connectivity index is 0.00000320. The van der Waals surface area contributed by atoms with Crippen LogP contribution in [0.25, 0.3) is 11.5 Å². The largest absolute Gasteiger partial charge is 0.444 e. The van der Waals surface area contributed by atoms with E-state index < -0.39 is 0 Å². The molecule has 0 amide bonds. The molecule has 2 N–H and O–H groups in total. The van der Waals surface area contributed by atoms with Crippen molar-refractivity contribution in [3.8, 4) is 11.5 Å². The second kappa shape index (κ2) is 11.7.